The van der Waals surface area contributed by atoms with E-state index in [1.54, 1.807) is 6.92 Å². The molecule has 0 fully saturated rings. The summed E-state index contributed by atoms with van der Waals surface area (Å²) in [6.07, 6.45) is 0.862. The molecule has 0 aliphatic carbocycles. The number of rotatable bonds is 5. The number of benzene rings is 1. The van der Waals surface area contributed by atoms with Gasteiger partial charge in [0.05, 0.1) is 6.61 Å². The molecule has 1 rings (SSSR count). The lowest BCUT2D eigenvalue weighted by Gasteiger charge is -2.15. The average Bonchev–Trinajstić information content (AvgIpc) is 2.36. The monoisotopic (exact) mass is 250 g/mol. The number of primary amides is 1. The topological polar surface area (TPSA) is 72.6 Å². The second-order valence-electron chi connectivity index (χ2n) is 3.79. The zero-order valence-corrected chi connectivity index (χ0v) is 10.5. The highest BCUT2D eigenvalue weighted by atomic mass is 16.6. The van der Waals surface area contributed by atoms with Gasteiger partial charge in [0.1, 0.15) is 0 Å². The SMILES string of the molecule is CCN(C(N)=O)C(=O)OCCCc1ccccc1. The smallest absolute Gasteiger partial charge is 0.417 e. The van der Waals surface area contributed by atoms with Crippen molar-refractivity contribution in [3.8, 4) is 0 Å². The fourth-order valence-electron chi connectivity index (χ4n) is 1.53. The average molecular weight is 250 g/mol. The van der Waals surface area contributed by atoms with E-state index in [9.17, 15) is 9.59 Å². The van der Waals surface area contributed by atoms with Gasteiger partial charge in [0.15, 0.2) is 0 Å². The predicted octanol–water partition coefficient (Wildman–Crippen LogP) is 2.16. The van der Waals surface area contributed by atoms with Crippen molar-refractivity contribution in [1.82, 2.24) is 4.90 Å². The normalized spacial score (nSPS) is 9.83. The second kappa shape index (κ2) is 7.32. The first-order chi connectivity index (χ1) is 8.65. The van der Waals surface area contributed by atoms with Gasteiger partial charge in [-0.3, -0.25) is 0 Å². The Kier molecular flexibility index (Phi) is 5.70. The number of hydrogen-bond acceptors (Lipinski definition) is 3. The minimum absolute atomic E-state index is 0.215. The standard InChI is InChI=1S/C13H18N2O3/c1-2-15(12(14)16)13(17)18-10-6-9-11-7-4-3-5-8-11/h3-5,7-8H,2,6,9-10H2,1H3,(H2,14,16). The minimum atomic E-state index is -0.787. The van der Waals surface area contributed by atoms with Gasteiger partial charge in [-0.25, -0.2) is 14.5 Å². The molecule has 5 nitrogen and oxygen atoms in total. The Morgan fingerprint density at radius 3 is 2.50 bits per heavy atom. The molecule has 98 valence electrons. The molecular weight excluding hydrogens is 232 g/mol. The lowest BCUT2D eigenvalue weighted by molar-refractivity contribution is 0.112. The van der Waals surface area contributed by atoms with Crippen LogP contribution in [0.2, 0.25) is 0 Å². The van der Waals surface area contributed by atoms with E-state index < -0.39 is 12.1 Å². The van der Waals surface area contributed by atoms with Crippen molar-refractivity contribution in [1.29, 1.82) is 0 Å². The van der Waals surface area contributed by atoms with Gasteiger partial charge in [0, 0.05) is 6.54 Å². The summed E-state index contributed by atoms with van der Waals surface area (Å²) in [5, 5.41) is 0. The van der Waals surface area contributed by atoms with E-state index in [1.165, 1.54) is 5.56 Å². The summed E-state index contributed by atoms with van der Waals surface area (Å²) < 4.78 is 4.96. The van der Waals surface area contributed by atoms with E-state index in [-0.39, 0.29) is 13.2 Å². The van der Waals surface area contributed by atoms with Crippen molar-refractivity contribution in [2.24, 2.45) is 5.73 Å². The molecule has 0 aromatic heterocycles. The third-order valence-electron chi connectivity index (χ3n) is 2.48. The summed E-state index contributed by atoms with van der Waals surface area (Å²) in [4.78, 5) is 23.2. The molecule has 0 aliphatic rings. The highest BCUT2D eigenvalue weighted by molar-refractivity contribution is 5.89. The first-order valence-corrected chi connectivity index (χ1v) is 5.92. The number of carbonyl (C=O) groups is 2. The van der Waals surface area contributed by atoms with E-state index in [2.05, 4.69) is 0 Å². The van der Waals surface area contributed by atoms with Crippen molar-refractivity contribution >= 4 is 12.1 Å². The minimum Gasteiger partial charge on any atom is -0.449 e. The first kappa shape index (κ1) is 14.0. The molecular formula is C13H18N2O3. The Morgan fingerprint density at radius 2 is 1.94 bits per heavy atom. The molecule has 0 unspecified atom stereocenters. The fraction of sp³-hybridized carbons (Fsp3) is 0.385. The van der Waals surface area contributed by atoms with Crippen molar-refractivity contribution in [2.45, 2.75) is 19.8 Å². The molecule has 0 saturated carbocycles. The Labute approximate surface area is 107 Å². The molecule has 1 aromatic rings. The quantitative estimate of drug-likeness (QED) is 0.814. The summed E-state index contributed by atoms with van der Waals surface area (Å²) in [6, 6.07) is 9.13. The second-order valence-corrected chi connectivity index (χ2v) is 3.79. The largest absolute Gasteiger partial charge is 0.449 e. The molecule has 0 heterocycles. The summed E-state index contributed by atoms with van der Waals surface area (Å²) in [6.45, 7) is 2.15. The number of hydrogen-bond donors (Lipinski definition) is 1. The fourth-order valence-corrected chi connectivity index (χ4v) is 1.53. The van der Waals surface area contributed by atoms with Gasteiger partial charge >= 0.3 is 12.1 Å². The summed E-state index contributed by atoms with van der Waals surface area (Å²) in [5.41, 5.74) is 6.22. The number of aryl methyl sites for hydroxylation is 1. The van der Waals surface area contributed by atoms with E-state index >= 15 is 0 Å². The van der Waals surface area contributed by atoms with Crippen LogP contribution < -0.4 is 5.73 Å². The maximum absolute atomic E-state index is 11.4. The van der Waals surface area contributed by atoms with Gasteiger partial charge in [-0.05, 0) is 25.3 Å². The van der Waals surface area contributed by atoms with Gasteiger partial charge in [-0.15, -0.1) is 0 Å². The van der Waals surface area contributed by atoms with Crippen molar-refractivity contribution in [2.75, 3.05) is 13.2 Å². The lowest BCUT2D eigenvalue weighted by atomic mass is 10.1. The molecule has 0 radical (unpaired) electrons. The van der Waals surface area contributed by atoms with Crippen molar-refractivity contribution in [3.05, 3.63) is 35.9 Å². The number of nitrogens with two attached hydrogens (primary N) is 1. The Balaban J connectivity index is 2.25. The molecule has 0 atom stereocenters. The number of ether oxygens (including phenoxy) is 1. The van der Waals surface area contributed by atoms with Crippen LogP contribution >= 0.6 is 0 Å². The summed E-state index contributed by atoms with van der Waals surface area (Å²) in [5.74, 6) is 0. The third-order valence-corrected chi connectivity index (χ3v) is 2.48. The van der Waals surface area contributed by atoms with Crippen LogP contribution in [0.4, 0.5) is 9.59 Å². The van der Waals surface area contributed by atoms with Crippen LogP contribution in [0.25, 0.3) is 0 Å². The molecule has 5 heteroatoms. The summed E-state index contributed by atoms with van der Waals surface area (Å²) in [7, 11) is 0. The molecule has 18 heavy (non-hydrogen) atoms. The lowest BCUT2D eigenvalue weighted by Crippen LogP contribution is -2.40. The number of imide groups is 1. The third kappa shape index (κ3) is 4.45. The number of nitrogens with zero attached hydrogens (tertiary/aromatic N) is 1. The van der Waals surface area contributed by atoms with Gasteiger partial charge in [0.2, 0.25) is 0 Å². The Hall–Kier alpha value is -2.04. The van der Waals surface area contributed by atoms with Crippen LogP contribution in [0.15, 0.2) is 30.3 Å². The van der Waals surface area contributed by atoms with E-state index in [0.717, 1.165) is 11.3 Å². The zero-order valence-electron chi connectivity index (χ0n) is 10.5. The van der Waals surface area contributed by atoms with E-state index in [4.69, 9.17) is 10.5 Å². The van der Waals surface area contributed by atoms with E-state index in [0.29, 0.717) is 6.42 Å². The van der Waals surface area contributed by atoms with Gasteiger partial charge in [0.25, 0.3) is 0 Å². The van der Waals surface area contributed by atoms with Crippen LogP contribution in [0.1, 0.15) is 18.9 Å². The predicted molar refractivity (Wildman–Crippen MR) is 68.1 cm³/mol. The van der Waals surface area contributed by atoms with Crippen molar-refractivity contribution in [3.63, 3.8) is 0 Å². The van der Waals surface area contributed by atoms with Crippen LogP contribution in [-0.4, -0.2) is 30.2 Å². The zero-order chi connectivity index (χ0) is 13.4. The maximum Gasteiger partial charge on any atom is 0.417 e. The number of amides is 3. The maximum atomic E-state index is 11.4. The van der Waals surface area contributed by atoms with Crippen LogP contribution in [0, 0.1) is 0 Å². The van der Waals surface area contributed by atoms with Crippen LogP contribution in [0.3, 0.4) is 0 Å². The molecule has 0 bridgehead atoms. The molecule has 1 aromatic carbocycles. The molecule has 0 aliphatic heterocycles. The number of carbonyl (C=O) groups excluding carboxylic acids is 2. The molecule has 2 N–H and O–H groups in total. The van der Waals surface area contributed by atoms with Crippen LogP contribution in [-0.2, 0) is 11.2 Å². The molecule has 3 amide bonds. The summed E-state index contributed by atoms with van der Waals surface area (Å²) >= 11 is 0. The molecule has 0 spiro atoms. The number of urea groups is 1. The van der Waals surface area contributed by atoms with Crippen molar-refractivity contribution < 1.29 is 14.3 Å². The van der Waals surface area contributed by atoms with Gasteiger partial charge < -0.3 is 10.5 Å². The van der Waals surface area contributed by atoms with Gasteiger partial charge in [-0.1, -0.05) is 30.3 Å². The van der Waals surface area contributed by atoms with E-state index in [1.807, 2.05) is 30.3 Å². The van der Waals surface area contributed by atoms with Gasteiger partial charge in [-0.2, -0.15) is 0 Å². The Bertz CT molecular complexity index is 392. The Morgan fingerprint density at radius 1 is 1.28 bits per heavy atom. The first-order valence-electron chi connectivity index (χ1n) is 5.92. The van der Waals surface area contributed by atoms with Crippen LogP contribution in [0.5, 0.6) is 0 Å². The highest BCUT2D eigenvalue weighted by Gasteiger charge is 2.17. The molecule has 0 saturated heterocycles. The highest BCUT2D eigenvalue weighted by Crippen LogP contribution is 2.03.